The highest BCUT2D eigenvalue weighted by Crippen LogP contribution is 2.48. The first kappa shape index (κ1) is 16.1. The molecule has 1 aliphatic rings. The lowest BCUT2D eigenvalue weighted by Crippen LogP contribution is -2.14. The van der Waals surface area contributed by atoms with E-state index in [-0.39, 0.29) is 0 Å². The fourth-order valence-electron chi connectivity index (χ4n) is 1.89. The van der Waals surface area contributed by atoms with E-state index in [1.807, 2.05) is 12.1 Å². The smallest absolute Gasteiger partial charge is 0.362 e. The zero-order chi connectivity index (χ0) is 15.3. The standard InChI is InChI=1S/C16H21O4P/c1-4-19-21(17,20-5-2)16-12-15(18-3)11-10-14(16)9-8-13-6-7-13/h10-13H,4-7H2,1-3H3. The first-order valence-corrected chi connectivity index (χ1v) is 8.76. The summed E-state index contributed by atoms with van der Waals surface area (Å²) in [5, 5.41) is 0.485. The molecule has 0 radical (unpaired) electrons. The van der Waals surface area contributed by atoms with Crippen LogP contribution in [0, 0.1) is 17.8 Å². The van der Waals surface area contributed by atoms with Crippen LogP contribution in [0.3, 0.4) is 0 Å². The SMILES string of the molecule is CCOP(=O)(OCC)c1cc(OC)ccc1C#CC1CC1. The second kappa shape index (κ2) is 7.13. The van der Waals surface area contributed by atoms with Crippen molar-refractivity contribution < 1.29 is 18.3 Å². The molecule has 1 saturated carbocycles. The van der Waals surface area contributed by atoms with Gasteiger partial charge >= 0.3 is 7.60 Å². The van der Waals surface area contributed by atoms with Crippen LogP contribution in [-0.2, 0) is 13.6 Å². The average Bonchev–Trinajstić information content (AvgIpc) is 3.29. The minimum Gasteiger partial charge on any atom is -0.497 e. The molecule has 2 rings (SSSR count). The van der Waals surface area contributed by atoms with E-state index in [0.717, 1.165) is 12.8 Å². The first-order chi connectivity index (χ1) is 10.1. The van der Waals surface area contributed by atoms with E-state index in [2.05, 4.69) is 11.8 Å². The summed E-state index contributed by atoms with van der Waals surface area (Å²) in [4.78, 5) is 0. The molecule has 1 aromatic rings. The van der Waals surface area contributed by atoms with Gasteiger partial charge in [-0.15, -0.1) is 0 Å². The minimum absolute atomic E-state index is 0.310. The van der Waals surface area contributed by atoms with Gasteiger partial charge in [0.1, 0.15) is 5.75 Å². The van der Waals surface area contributed by atoms with E-state index < -0.39 is 7.60 Å². The fraction of sp³-hybridized carbons (Fsp3) is 0.500. The van der Waals surface area contributed by atoms with Crippen molar-refractivity contribution in [3.05, 3.63) is 23.8 Å². The zero-order valence-electron chi connectivity index (χ0n) is 12.7. The van der Waals surface area contributed by atoms with Crippen LogP contribution < -0.4 is 10.0 Å². The number of ether oxygens (including phenoxy) is 1. The van der Waals surface area contributed by atoms with E-state index >= 15 is 0 Å². The maximum absolute atomic E-state index is 13.0. The van der Waals surface area contributed by atoms with Crippen molar-refractivity contribution in [3.8, 4) is 17.6 Å². The predicted octanol–water partition coefficient (Wildman–Crippen LogP) is 3.35. The summed E-state index contributed by atoms with van der Waals surface area (Å²) in [6.07, 6.45) is 2.29. The third-order valence-electron chi connectivity index (χ3n) is 3.09. The molecule has 0 spiro atoms. The Hall–Kier alpha value is -1.27. The summed E-state index contributed by atoms with van der Waals surface area (Å²) in [6, 6.07) is 5.32. The molecule has 114 valence electrons. The Labute approximate surface area is 126 Å². The Kier molecular flexibility index (Phi) is 5.47. The second-order valence-corrected chi connectivity index (χ2v) is 6.75. The van der Waals surface area contributed by atoms with E-state index in [1.165, 1.54) is 0 Å². The van der Waals surface area contributed by atoms with Gasteiger partial charge in [-0.1, -0.05) is 11.8 Å². The summed E-state index contributed by atoms with van der Waals surface area (Å²) >= 11 is 0. The van der Waals surface area contributed by atoms with Gasteiger partial charge in [0.2, 0.25) is 0 Å². The molecular formula is C16H21O4P. The van der Waals surface area contributed by atoms with Crippen LogP contribution in [0.5, 0.6) is 5.75 Å². The molecule has 4 nitrogen and oxygen atoms in total. The minimum atomic E-state index is -3.37. The number of benzene rings is 1. The first-order valence-electron chi connectivity index (χ1n) is 7.22. The van der Waals surface area contributed by atoms with Crippen LogP contribution in [-0.4, -0.2) is 20.3 Å². The molecule has 0 aromatic heterocycles. The quantitative estimate of drug-likeness (QED) is 0.597. The number of hydrogen-bond donors (Lipinski definition) is 0. The van der Waals surface area contributed by atoms with Crippen molar-refractivity contribution >= 4 is 12.9 Å². The van der Waals surface area contributed by atoms with Crippen molar-refractivity contribution in [1.29, 1.82) is 0 Å². The van der Waals surface area contributed by atoms with Crippen molar-refractivity contribution in [3.63, 3.8) is 0 Å². The number of rotatable bonds is 6. The zero-order valence-corrected chi connectivity index (χ0v) is 13.6. The summed E-state index contributed by atoms with van der Waals surface area (Å²) < 4.78 is 29.1. The Morgan fingerprint density at radius 2 is 1.90 bits per heavy atom. The molecule has 0 atom stereocenters. The van der Waals surface area contributed by atoms with Crippen molar-refractivity contribution in [2.75, 3.05) is 20.3 Å². The van der Waals surface area contributed by atoms with Crippen LogP contribution >= 0.6 is 7.60 Å². The number of hydrogen-bond acceptors (Lipinski definition) is 4. The van der Waals surface area contributed by atoms with Gasteiger partial charge in [-0.25, -0.2) is 0 Å². The molecule has 0 unspecified atom stereocenters. The van der Waals surface area contributed by atoms with Crippen LogP contribution in [0.15, 0.2) is 18.2 Å². The Bertz CT molecular complexity index is 586. The number of methoxy groups -OCH3 is 1. The van der Waals surface area contributed by atoms with Gasteiger partial charge in [0.15, 0.2) is 0 Å². The van der Waals surface area contributed by atoms with E-state index in [4.69, 9.17) is 13.8 Å². The second-order valence-electron chi connectivity index (χ2n) is 4.76. The average molecular weight is 308 g/mol. The molecule has 0 bridgehead atoms. The highest BCUT2D eigenvalue weighted by Gasteiger charge is 2.30. The van der Waals surface area contributed by atoms with Crippen molar-refractivity contribution in [2.24, 2.45) is 5.92 Å². The highest BCUT2D eigenvalue weighted by atomic mass is 31.2. The van der Waals surface area contributed by atoms with Crippen LogP contribution in [0.2, 0.25) is 0 Å². The molecule has 0 aliphatic heterocycles. The molecular weight excluding hydrogens is 287 g/mol. The van der Waals surface area contributed by atoms with Gasteiger partial charge in [-0.3, -0.25) is 4.57 Å². The Morgan fingerprint density at radius 3 is 2.43 bits per heavy atom. The van der Waals surface area contributed by atoms with Gasteiger partial charge in [-0.05, 0) is 44.9 Å². The Balaban J connectivity index is 2.46. The topological polar surface area (TPSA) is 44.8 Å². The van der Waals surface area contributed by atoms with Crippen molar-refractivity contribution in [2.45, 2.75) is 26.7 Å². The Morgan fingerprint density at radius 1 is 1.24 bits per heavy atom. The maximum atomic E-state index is 13.0. The lowest BCUT2D eigenvalue weighted by atomic mass is 10.2. The molecule has 5 heteroatoms. The predicted molar refractivity (Wildman–Crippen MR) is 83.1 cm³/mol. The van der Waals surface area contributed by atoms with Crippen molar-refractivity contribution in [1.82, 2.24) is 0 Å². The molecule has 0 heterocycles. The van der Waals surface area contributed by atoms with E-state index in [1.54, 1.807) is 27.0 Å². The largest absolute Gasteiger partial charge is 0.497 e. The third-order valence-corrected chi connectivity index (χ3v) is 5.24. The van der Waals surface area contributed by atoms with Crippen LogP contribution in [0.4, 0.5) is 0 Å². The summed E-state index contributed by atoms with van der Waals surface area (Å²) in [5.41, 5.74) is 0.688. The lowest BCUT2D eigenvalue weighted by Gasteiger charge is -2.19. The lowest BCUT2D eigenvalue weighted by molar-refractivity contribution is 0.230. The van der Waals surface area contributed by atoms with Gasteiger partial charge in [0, 0.05) is 11.5 Å². The molecule has 1 fully saturated rings. The molecule has 21 heavy (non-hydrogen) atoms. The van der Waals surface area contributed by atoms with Gasteiger partial charge in [-0.2, -0.15) is 0 Å². The monoisotopic (exact) mass is 308 g/mol. The maximum Gasteiger partial charge on any atom is 0.362 e. The fourth-order valence-corrected chi connectivity index (χ4v) is 3.64. The summed E-state index contributed by atoms with van der Waals surface area (Å²) in [6.45, 7) is 4.21. The van der Waals surface area contributed by atoms with Gasteiger partial charge < -0.3 is 13.8 Å². The molecule has 1 aromatic carbocycles. The van der Waals surface area contributed by atoms with Gasteiger partial charge in [0.05, 0.1) is 25.6 Å². The van der Waals surface area contributed by atoms with E-state index in [9.17, 15) is 4.57 Å². The summed E-state index contributed by atoms with van der Waals surface area (Å²) in [5.74, 6) is 7.38. The van der Waals surface area contributed by atoms with E-state index in [0.29, 0.717) is 35.7 Å². The highest BCUT2D eigenvalue weighted by molar-refractivity contribution is 7.62. The normalized spacial score (nSPS) is 14.4. The summed E-state index contributed by atoms with van der Waals surface area (Å²) in [7, 11) is -1.80. The molecule has 0 saturated heterocycles. The van der Waals surface area contributed by atoms with Gasteiger partial charge in [0.25, 0.3) is 0 Å². The van der Waals surface area contributed by atoms with Crippen LogP contribution in [0.1, 0.15) is 32.3 Å². The van der Waals surface area contributed by atoms with Crippen LogP contribution in [0.25, 0.3) is 0 Å². The molecule has 1 aliphatic carbocycles. The third kappa shape index (κ3) is 4.11. The molecule has 0 N–H and O–H groups in total. The molecule has 0 amide bonds.